The lowest BCUT2D eigenvalue weighted by Crippen LogP contribution is -2.41. The maximum absolute atomic E-state index is 12.8. The van der Waals surface area contributed by atoms with Crippen LogP contribution < -0.4 is 19.5 Å². The molecule has 2 aromatic carbocycles. The highest BCUT2D eigenvalue weighted by atomic mass is 16.5. The van der Waals surface area contributed by atoms with Crippen LogP contribution in [0.4, 0.5) is 0 Å². The predicted molar refractivity (Wildman–Crippen MR) is 100 cm³/mol. The molecule has 3 rings (SSSR count). The number of carbonyl (C=O) groups excluding carboxylic acids is 1. The topological polar surface area (TPSA) is 56.8 Å². The summed E-state index contributed by atoms with van der Waals surface area (Å²) in [6, 6.07) is 11.1. The van der Waals surface area contributed by atoms with Crippen LogP contribution in [0.25, 0.3) is 0 Å². The number of hydrogen-bond acceptors (Lipinski definition) is 4. The highest BCUT2D eigenvalue weighted by Crippen LogP contribution is 2.40. The molecule has 0 aromatic heterocycles. The molecule has 2 aromatic rings. The van der Waals surface area contributed by atoms with Gasteiger partial charge in [0.05, 0.1) is 20.3 Å². The summed E-state index contributed by atoms with van der Waals surface area (Å²) in [6.45, 7) is 6.10. The second kappa shape index (κ2) is 6.90. The lowest BCUT2D eigenvalue weighted by atomic mass is 9.88. The number of rotatable bonds is 4. The fourth-order valence-electron chi connectivity index (χ4n) is 3.32. The molecule has 0 saturated heterocycles. The van der Waals surface area contributed by atoms with Crippen molar-refractivity contribution in [3.63, 3.8) is 0 Å². The number of hydrogen-bond donors (Lipinski definition) is 1. The van der Waals surface area contributed by atoms with Crippen molar-refractivity contribution >= 4 is 5.91 Å². The van der Waals surface area contributed by atoms with E-state index >= 15 is 0 Å². The highest BCUT2D eigenvalue weighted by Gasteiger charge is 2.34. The molecular weight excluding hydrogens is 330 g/mol. The summed E-state index contributed by atoms with van der Waals surface area (Å²) in [7, 11) is 3.13. The van der Waals surface area contributed by atoms with Crippen LogP contribution in [0.1, 0.15) is 47.8 Å². The molecule has 1 aliphatic rings. The Hall–Kier alpha value is -2.69. The SMILES string of the molecule is COc1ccc(C(=O)N[C@H]2CC(C)(C)Oc3ccc(C)cc32)cc1OC. The standard InChI is InChI=1S/C21H25NO4/c1-13-6-8-17-15(10-13)16(12-21(2,3)26-17)22-20(23)14-7-9-18(24-4)19(11-14)25-5/h6-11,16H,12H2,1-5H3,(H,22,23)/t16-/m0/s1. The molecule has 5 heteroatoms. The molecule has 0 fully saturated rings. The molecule has 5 nitrogen and oxygen atoms in total. The molecule has 26 heavy (non-hydrogen) atoms. The molecule has 0 spiro atoms. The van der Waals surface area contributed by atoms with Crippen LogP contribution in [-0.2, 0) is 0 Å². The molecule has 0 bridgehead atoms. The Morgan fingerprint density at radius 1 is 1.12 bits per heavy atom. The Kier molecular flexibility index (Phi) is 4.81. The molecule has 1 atom stereocenters. The lowest BCUT2D eigenvalue weighted by molar-refractivity contribution is 0.0619. The number of aryl methyl sites for hydroxylation is 1. The van der Waals surface area contributed by atoms with Crippen LogP contribution in [-0.4, -0.2) is 25.7 Å². The second-order valence-corrected chi connectivity index (χ2v) is 7.20. The minimum absolute atomic E-state index is 0.116. The average molecular weight is 355 g/mol. The molecule has 1 N–H and O–H groups in total. The first kappa shape index (κ1) is 18.1. The first-order chi connectivity index (χ1) is 12.3. The minimum Gasteiger partial charge on any atom is -0.493 e. The summed E-state index contributed by atoms with van der Waals surface area (Å²) in [6.07, 6.45) is 0.697. The molecule has 0 aliphatic carbocycles. The van der Waals surface area contributed by atoms with Crippen molar-refractivity contribution in [2.75, 3.05) is 14.2 Å². The van der Waals surface area contributed by atoms with E-state index in [1.807, 2.05) is 32.9 Å². The number of carbonyl (C=O) groups is 1. The zero-order valence-electron chi connectivity index (χ0n) is 15.9. The van der Waals surface area contributed by atoms with E-state index in [4.69, 9.17) is 14.2 Å². The van der Waals surface area contributed by atoms with Crippen LogP contribution in [0.2, 0.25) is 0 Å². The summed E-state index contributed by atoms with van der Waals surface area (Å²) in [5.74, 6) is 1.80. The first-order valence-corrected chi connectivity index (χ1v) is 8.65. The smallest absolute Gasteiger partial charge is 0.251 e. The van der Waals surface area contributed by atoms with Gasteiger partial charge in [0.15, 0.2) is 11.5 Å². The quantitative estimate of drug-likeness (QED) is 0.899. The average Bonchev–Trinajstić information content (AvgIpc) is 2.61. The Balaban J connectivity index is 1.88. The largest absolute Gasteiger partial charge is 0.493 e. The number of nitrogens with one attached hydrogen (secondary N) is 1. The molecule has 0 radical (unpaired) electrons. The maximum Gasteiger partial charge on any atom is 0.251 e. The molecule has 0 saturated carbocycles. The highest BCUT2D eigenvalue weighted by molar-refractivity contribution is 5.95. The Labute approximate surface area is 154 Å². The zero-order valence-corrected chi connectivity index (χ0v) is 15.9. The fourth-order valence-corrected chi connectivity index (χ4v) is 3.32. The van der Waals surface area contributed by atoms with Crippen LogP contribution in [0.3, 0.4) is 0 Å². The van der Waals surface area contributed by atoms with Crippen molar-refractivity contribution < 1.29 is 19.0 Å². The van der Waals surface area contributed by atoms with Gasteiger partial charge in [0.2, 0.25) is 0 Å². The lowest BCUT2D eigenvalue weighted by Gasteiger charge is -2.38. The van der Waals surface area contributed by atoms with Crippen molar-refractivity contribution in [2.45, 2.75) is 38.8 Å². The Morgan fingerprint density at radius 3 is 2.54 bits per heavy atom. The molecule has 1 aliphatic heterocycles. The summed E-state index contributed by atoms with van der Waals surface area (Å²) >= 11 is 0. The van der Waals surface area contributed by atoms with Gasteiger partial charge in [-0.1, -0.05) is 17.7 Å². The minimum atomic E-state index is -0.349. The summed E-state index contributed by atoms with van der Waals surface area (Å²) < 4.78 is 16.6. The number of benzene rings is 2. The van der Waals surface area contributed by atoms with Crippen LogP contribution in [0, 0.1) is 6.92 Å². The summed E-state index contributed by atoms with van der Waals surface area (Å²) in [5.41, 5.74) is 2.33. The third-order valence-electron chi connectivity index (χ3n) is 4.57. The first-order valence-electron chi connectivity index (χ1n) is 8.65. The summed E-state index contributed by atoms with van der Waals surface area (Å²) in [5, 5.41) is 3.15. The van der Waals surface area contributed by atoms with Crippen molar-refractivity contribution in [1.29, 1.82) is 0 Å². The van der Waals surface area contributed by atoms with Crippen LogP contribution >= 0.6 is 0 Å². The third-order valence-corrected chi connectivity index (χ3v) is 4.57. The number of methoxy groups -OCH3 is 2. The van der Waals surface area contributed by atoms with E-state index in [9.17, 15) is 4.79 Å². The normalized spacial score (nSPS) is 17.7. The Morgan fingerprint density at radius 2 is 1.85 bits per heavy atom. The molecular formula is C21H25NO4. The monoisotopic (exact) mass is 355 g/mol. The van der Waals surface area contributed by atoms with Gasteiger partial charge < -0.3 is 19.5 Å². The van der Waals surface area contributed by atoms with Gasteiger partial charge in [-0.3, -0.25) is 4.79 Å². The van der Waals surface area contributed by atoms with E-state index in [1.165, 1.54) is 0 Å². The van der Waals surface area contributed by atoms with E-state index in [2.05, 4.69) is 11.4 Å². The van der Waals surface area contributed by atoms with E-state index in [-0.39, 0.29) is 17.6 Å². The Bertz CT molecular complexity index is 829. The van der Waals surface area contributed by atoms with Crippen LogP contribution in [0.15, 0.2) is 36.4 Å². The number of ether oxygens (including phenoxy) is 3. The maximum atomic E-state index is 12.8. The van der Waals surface area contributed by atoms with Gasteiger partial charge in [0, 0.05) is 17.5 Å². The molecule has 0 unspecified atom stereocenters. The fraction of sp³-hybridized carbons (Fsp3) is 0.381. The van der Waals surface area contributed by atoms with E-state index in [0.29, 0.717) is 23.5 Å². The summed E-state index contributed by atoms with van der Waals surface area (Å²) in [4.78, 5) is 12.8. The van der Waals surface area contributed by atoms with Gasteiger partial charge in [-0.25, -0.2) is 0 Å². The molecule has 1 heterocycles. The third kappa shape index (κ3) is 3.62. The van der Waals surface area contributed by atoms with Gasteiger partial charge in [0.25, 0.3) is 5.91 Å². The number of fused-ring (bicyclic) bond motifs is 1. The van der Waals surface area contributed by atoms with E-state index < -0.39 is 0 Å². The van der Waals surface area contributed by atoms with Crippen LogP contribution in [0.5, 0.6) is 17.2 Å². The second-order valence-electron chi connectivity index (χ2n) is 7.20. The van der Waals surface area contributed by atoms with E-state index in [0.717, 1.165) is 16.9 Å². The van der Waals surface area contributed by atoms with E-state index in [1.54, 1.807) is 32.4 Å². The predicted octanol–water partition coefficient (Wildman–Crippen LogP) is 4.04. The van der Waals surface area contributed by atoms with Crippen molar-refractivity contribution in [3.05, 3.63) is 53.1 Å². The molecule has 138 valence electrons. The van der Waals surface area contributed by atoms with Crippen molar-refractivity contribution in [2.24, 2.45) is 0 Å². The molecule has 1 amide bonds. The van der Waals surface area contributed by atoms with Gasteiger partial charge in [0.1, 0.15) is 11.4 Å². The van der Waals surface area contributed by atoms with Gasteiger partial charge in [-0.05, 0) is 45.0 Å². The van der Waals surface area contributed by atoms with Gasteiger partial charge in [-0.2, -0.15) is 0 Å². The van der Waals surface area contributed by atoms with Gasteiger partial charge >= 0.3 is 0 Å². The zero-order chi connectivity index (χ0) is 18.9. The van der Waals surface area contributed by atoms with Crippen molar-refractivity contribution in [3.8, 4) is 17.2 Å². The number of amides is 1. The van der Waals surface area contributed by atoms with Gasteiger partial charge in [-0.15, -0.1) is 0 Å². The van der Waals surface area contributed by atoms with Crippen molar-refractivity contribution in [1.82, 2.24) is 5.32 Å².